The monoisotopic (exact) mass is 272 g/mol. The summed E-state index contributed by atoms with van der Waals surface area (Å²) in [6, 6.07) is 0. The van der Waals surface area contributed by atoms with Gasteiger partial charge >= 0.3 is 0 Å². The molecule has 2 unspecified atom stereocenters. The van der Waals surface area contributed by atoms with Gasteiger partial charge in [0.2, 0.25) is 0 Å². The van der Waals surface area contributed by atoms with E-state index < -0.39 is 5.69 Å². The lowest BCUT2D eigenvalue weighted by Crippen LogP contribution is -2.21. The lowest BCUT2D eigenvalue weighted by molar-refractivity contribution is 0.501. The molecular weight excluding hydrogens is 247 g/mol. The second kappa shape index (κ2) is 7.39. The molecule has 0 fully saturated rings. The molecule has 0 radical (unpaired) electrons. The Hall–Kier alpha value is 1.05. The molecule has 0 spiro atoms. The highest BCUT2D eigenvalue weighted by molar-refractivity contribution is 8.66. The van der Waals surface area contributed by atoms with Crippen LogP contribution >= 0.6 is 17.9 Å². The third-order valence-electron chi connectivity index (χ3n) is 2.50. The van der Waals surface area contributed by atoms with E-state index in [0.29, 0.717) is 10.5 Å². The summed E-state index contributed by atoms with van der Waals surface area (Å²) in [7, 11) is -0.345. The van der Waals surface area contributed by atoms with Gasteiger partial charge in [-0.2, -0.15) is 0 Å². The smallest absolute Gasteiger partial charge is 0.199 e. The lowest BCUT2D eigenvalue weighted by Gasteiger charge is -2.27. The first-order valence-electron chi connectivity index (χ1n) is 5.64. The van der Waals surface area contributed by atoms with Crippen molar-refractivity contribution in [2.45, 2.75) is 63.9 Å². The average Bonchev–Trinajstić information content (AvgIpc) is 2.01. The quantitative estimate of drug-likeness (QED) is 0.511. The molecule has 0 bridgehead atoms. The summed E-state index contributed by atoms with van der Waals surface area (Å²) >= 11 is 4.05. The third-order valence-corrected chi connectivity index (χ3v) is 10.7. The summed E-state index contributed by atoms with van der Waals surface area (Å²) in [4.78, 5) is 19.6. The highest BCUT2D eigenvalue weighted by Gasteiger charge is 2.22. The van der Waals surface area contributed by atoms with Crippen molar-refractivity contribution in [2.24, 2.45) is 0 Å². The minimum absolute atomic E-state index is 0.345. The van der Waals surface area contributed by atoms with E-state index in [2.05, 4.69) is 39.9 Å². The topological polar surface area (TPSA) is 40.5 Å². The Morgan fingerprint density at radius 2 is 1.40 bits per heavy atom. The van der Waals surface area contributed by atoms with Crippen LogP contribution in [-0.4, -0.2) is 20.3 Å². The Morgan fingerprint density at radius 1 is 1.07 bits per heavy atom. The SMILES string of the molecule is CCCC(C)S(C(C)CCC)=P(O)(O)S. The average molecular weight is 272 g/mol. The Kier molecular flexibility index (Phi) is 7.91. The zero-order valence-electron chi connectivity index (χ0n) is 10.2. The molecule has 94 valence electrons. The van der Waals surface area contributed by atoms with Crippen molar-refractivity contribution in [1.82, 2.24) is 0 Å². The van der Waals surface area contributed by atoms with Gasteiger partial charge in [-0.15, -0.1) is 10.1 Å². The predicted octanol–water partition coefficient (Wildman–Crippen LogP) is 3.57. The van der Waals surface area contributed by atoms with Gasteiger partial charge < -0.3 is 9.79 Å². The van der Waals surface area contributed by atoms with Gasteiger partial charge in [0.15, 0.2) is 5.69 Å². The number of rotatable bonds is 6. The molecule has 0 aromatic carbocycles. The number of thiol groups is 1. The van der Waals surface area contributed by atoms with Gasteiger partial charge in [-0.1, -0.05) is 52.8 Å². The van der Waals surface area contributed by atoms with E-state index >= 15 is 0 Å². The lowest BCUT2D eigenvalue weighted by atomic mass is 10.3. The Labute approximate surface area is 102 Å². The molecule has 0 heterocycles. The fourth-order valence-electron chi connectivity index (χ4n) is 1.93. The molecule has 0 aliphatic heterocycles. The maximum Gasteiger partial charge on any atom is 0.199 e. The standard InChI is InChI=1S/C10H25O2PS2/c1-5-7-9(3)15(13(11,12)14)10(4)8-6-2/h9-12,14H,5-8H2,1-4H3. The van der Waals surface area contributed by atoms with Crippen LogP contribution in [0.15, 0.2) is 0 Å². The molecule has 2 nitrogen and oxygen atoms in total. The van der Waals surface area contributed by atoms with Crippen LogP contribution in [0.4, 0.5) is 0 Å². The minimum atomic E-state index is -2.98. The third kappa shape index (κ3) is 5.78. The second-order valence-electron chi connectivity index (χ2n) is 4.06. The van der Waals surface area contributed by atoms with E-state index in [0.717, 1.165) is 25.7 Å². The van der Waals surface area contributed by atoms with E-state index in [9.17, 15) is 9.79 Å². The van der Waals surface area contributed by atoms with E-state index in [-0.39, 0.29) is 10.1 Å². The normalized spacial score (nSPS) is 18.6. The van der Waals surface area contributed by atoms with Crippen molar-refractivity contribution in [1.29, 1.82) is 0 Å². The van der Waals surface area contributed by atoms with E-state index in [4.69, 9.17) is 0 Å². The van der Waals surface area contributed by atoms with Crippen LogP contribution in [-0.2, 0) is 10.1 Å². The second-order valence-corrected chi connectivity index (χ2v) is 12.7. The predicted molar refractivity (Wildman–Crippen MR) is 76.4 cm³/mol. The molecule has 0 saturated carbocycles. The van der Waals surface area contributed by atoms with Crippen molar-refractivity contribution >= 4 is 28.0 Å². The summed E-state index contributed by atoms with van der Waals surface area (Å²) in [5.41, 5.74) is -2.98. The molecule has 2 N–H and O–H groups in total. The molecule has 0 aromatic heterocycles. The highest BCUT2D eigenvalue weighted by atomic mass is 32.9. The molecule has 0 saturated heterocycles. The van der Waals surface area contributed by atoms with Crippen molar-refractivity contribution in [3.05, 3.63) is 0 Å². The zero-order valence-corrected chi connectivity index (χ0v) is 12.8. The summed E-state index contributed by atoms with van der Waals surface area (Å²) in [5.74, 6) is 0. The van der Waals surface area contributed by atoms with Gasteiger partial charge in [-0.3, -0.25) is 0 Å². The zero-order chi connectivity index (χ0) is 12.1. The number of hydrogen-bond donors (Lipinski definition) is 3. The van der Waals surface area contributed by atoms with Crippen molar-refractivity contribution < 1.29 is 9.79 Å². The molecule has 0 aliphatic carbocycles. The van der Waals surface area contributed by atoms with Crippen LogP contribution in [0.25, 0.3) is 0 Å². The van der Waals surface area contributed by atoms with Crippen molar-refractivity contribution in [3.8, 4) is 0 Å². The van der Waals surface area contributed by atoms with Crippen LogP contribution in [0.1, 0.15) is 53.4 Å². The molecular formula is C10H25O2PS2. The fraction of sp³-hybridized carbons (Fsp3) is 1.00. The first-order chi connectivity index (χ1) is 6.84. The highest BCUT2D eigenvalue weighted by Crippen LogP contribution is 2.50. The molecule has 2 atom stereocenters. The van der Waals surface area contributed by atoms with E-state index in [1.54, 1.807) is 0 Å². The summed E-state index contributed by atoms with van der Waals surface area (Å²) in [6.45, 7) is 8.51. The maximum absolute atomic E-state index is 9.81. The Morgan fingerprint density at radius 3 is 1.60 bits per heavy atom. The van der Waals surface area contributed by atoms with Gasteiger partial charge in [-0.25, -0.2) is 0 Å². The van der Waals surface area contributed by atoms with Gasteiger partial charge in [-0.05, 0) is 12.8 Å². The largest absolute Gasteiger partial charge is 0.341 e. The van der Waals surface area contributed by atoms with E-state index in [1.165, 1.54) is 0 Å². The van der Waals surface area contributed by atoms with Crippen LogP contribution in [0, 0.1) is 0 Å². The van der Waals surface area contributed by atoms with Crippen LogP contribution in [0.5, 0.6) is 0 Å². The van der Waals surface area contributed by atoms with Crippen LogP contribution < -0.4 is 0 Å². The molecule has 0 rings (SSSR count). The first-order valence-corrected chi connectivity index (χ1v) is 10.4. The summed E-state index contributed by atoms with van der Waals surface area (Å²) in [5, 5.41) is 0.745. The summed E-state index contributed by atoms with van der Waals surface area (Å²) in [6.07, 6.45) is 4.30. The molecule has 0 amide bonds. The fourth-order valence-corrected chi connectivity index (χ4v) is 11.1. The van der Waals surface area contributed by atoms with E-state index in [1.807, 2.05) is 0 Å². The molecule has 0 aromatic rings. The Balaban J connectivity index is 4.92. The molecule has 15 heavy (non-hydrogen) atoms. The first kappa shape index (κ1) is 16.1. The van der Waals surface area contributed by atoms with Gasteiger partial charge in [0.25, 0.3) is 0 Å². The van der Waals surface area contributed by atoms with Crippen molar-refractivity contribution in [2.75, 3.05) is 0 Å². The van der Waals surface area contributed by atoms with Gasteiger partial charge in [0.05, 0.1) is 0 Å². The van der Waals surface area contributed by atoms with Crippen molar-refractivity contribution in [3.63, 3.8) is 0 Å². The van der Waals surface area contributed by atoms with Gasteiger partial charge in [0.1, 0.15) is 0 Å². The molecule has 0 aliphatic rings. The van der Waals surface area contributed by atoms with Crippen LogP contribution in [0.3, 0.4) is 0 Å². The Bertz CT molecular complexity index is 215. The summed E-state index contributed by atoms with van der Waals surface area (Å²) < 4.78 is 0. The minimum Gasteiger partial charge on any atom is -0.341 e. The number of hydrogen-bond acceptors (Lipinski definition) is 0. The maximum atomic E-state index is 9.81. The molecule has 5 heteroatoms. The van der Waals surface area contributed by atoms with Gasteiger partial charge in [0, 0.05) is 10.5 Å². The van der Waals surface area contributed by atoms with Crippen LogP contribution in [0.2, 0.25) is 0 Å².